The van der Waals surface area contributed by atoms with Crippen molar-refractivity contribution in [2.75, 3.05) is 7.11 Å². The summed E-state index contributed by atoms with van der Waals surface area (Å²) >= 11 is 6.51. The van der Waals surface area contributed by atoms with E-state index in [1.165, 1.54) is 13.3 Å². The highest BCUT2D eigenvalue weighted by Crippen LogP contribution is 2.14. The summed E-state index contributed by atoms with van der Waals surface area (Å²) in [4.78, 5) is 15.8. The van der Waals surface area contributed by atoms with Gasteiger partial charge in [0.05, 0.1) is 6.21 Å². The van der Waals surface area contributed by atoms with Crippen LogP contribution in [-0.2, 0) is 4.84 Å². The molecule has 0 spiro atoms. The van der Waals surface area contributed by atoms with Crippen LogP contribution in [0.3, 0.4) is 0 Å². The Kier molecular flexibility index (Phi) is 4.98. The molecule has 1 rings (SSSR count). The summed E-state index contributed by atoms with van der Waals surface area (Å²) in [5.74, 6) is -0.0525. The van der Waals surface area contributed by atoms with Gasteiger partial charge in [-0.3, -0.25) is 4.79 Å². The number of oxime groups is 1. The Morgan fingerprint density at radius 1 is 1.47 bits per heavy atom. The number of hydrogen-bond donors (Lipinski definition) is 0. The van der Waals surface area contributed by atoms with Gasteiger partial charge in [0, 0.05) is 10.0 Å². The van der Waals surface area contributed by atoms with Gasteiger partial charge in [0.15, 0.2) is 5.78 Å². The van der Waals surface area contributed by atoms with Crippen molar-refractivity contribution in [2.24, 2.45) is 5.16 Å². The summed E-state index contributed by atoms with van der Waals surface area (Å²) in [7, 11) is 1.43. The van der Waals surface area contributed by atoms with Gasteiger partial charge < -0.3 is 4.84 Å². The van der Waals surface area contributed by atoms with E-state index in [-0.39, 0.29) is 5.78 Å². The molecule has 0 aliphatic heterocycles. The molecule has 5 heteroatoms. The lowest BCUT2D eigenvalue weighted by atomic mass is 10.1. The molecule has 1 aromatic carbocycles. The normalized spacial score (nSPS) is 12.7. The monoisotopic (exact) mass is 333 g/mol. The van der Waals surface area contributed by atoms with Crippen LogP contribution >= 0.6 is 31.9 Å². The largest absolute Gasteiger partial charge is 0.399 e. The van der Waals surface area contributed by atoms with Crippen LogP contribution in [0.2, 0.25) is 0 Å². The Balaban J connectivity index is 2.76. The van der Waals surface area contributed by atoms with Gasteiger partial charge in [-0.05, 0) is 12.1 Å². The lowest BCUT2D eigenvalue weighted by Gasteiger charge is -2.02. The summed E-state index contributed by atoms with van der Waals surface area (Å²) in [5.41, 5.74) is 0.627. The van der Waals surface area contributed by atoms with E-state index in [0.717, 1.165) is 4.47 Å². The van der Waals surface area contributed by atoms with Crippen LogP contribution < -0.4 is 0 Å². The van der Waals surface area contributed by atoms with Crippen molar-refractivity contribution in [3.63, 3.8) is 0 Å². The maximum absolute atomic E-state index is 11.8. The zero-order chi connectivity index (χ0) is 11.3. The smallest absolute Gasteiger partial charge is 0.181 e. The fourth-order valence-electron chi connectivity index (χ4n) is 0.955. The Morgan fingerprint density at radius 2 is 2.07 bits per heavy atom. The van der Waals surface area contributed by atoms with E-state index in [1.807, 2.05) is 12.1 Å². The second kappa shape index (κ2) is 6.02. The van der Waals surface area contributed by atoms with Gasteiger partial charge in [0.25, 0.3) is 0 Å². The quantitative estimate of drug-likeness (QED) is 0.367. The van der Waals surface area contributed by atoms with Gasteiger partial charge in [-0.25, -0.2) is 0 Å². The number of nitrogens with zero attached hydrogens (tertiary/aromatic N) is 1. The fraction of sp³-hybridized carbons (Fsp3) is 0.200. The number of alkyl halides is 1. The van der Waals surface area contributed by atoms with Crippen molar-refractivity contribution in [3.05, 3.63) is 34.3 Å². The van der Waals surface area contributed by atoms with E-state index in [1.54, 1.807) is 12.1 Å². The molecular formula is C10H9Br2NO2. The average molecular weight is 335 g/mol. The molecule has 0 saturated heterocycles. The molecule has 0 aromatic heterocycles. The third kappa shape index (κ3) is 3.76. The summed E-state index contributed by atoms with van der Waals surface area (Å²) in [5, 5.41) is 3.53. The standard InChI is InChI=1S/C10H9Br2NO2/c1-15-13-6-9(12)10(14)7-2-4-8(11)5-3-7/h2-6,9H,1H3/b13-6+. The maximum atomic E-state index is 11.8. The molecule has 80 valence electrons. The van der Waals surface area contributed by atoms with Crippen LogP contribution in [0.15, 0.2) is 33.9 Å². The minimum Gasteiger partial charge on any atom is -0.399 e. The van der Waals surface area contributed by atoms with Crippen molar-refractivity contribution in [2.45, 2.75) is 4.83 Å². The van der Waals surface area contributed by atoms with E-state index < -0.39 is 4.83 Å². The van der Waals surface area contributed by atoms with Gasteiger partial charge in [-0.2, -0.15) is 0 Å². The molecule has 0 heterocycles. The Morgan fingerprint density at radius 3 is 2.60 bits per heavy atom. The van der Waals surface area contributed by atoms with Crippen LogP contribution in [0.25, 0.3) is 0 Å². The lowest BCUT2D eigenvalue weighted by Crippen LogP contribution is -2.15. The predicted molar refractivity (Wildman–Crippen MR) is 66.7 cm³/mol. The highest BCUT2D eigenvalue weighted by Gasteiger charge is 2.14. The topological polar surface area (TPSA) is 38.7 Å². The fourth-order valence-corrected chi connectivity index (χ4v) is 1.58. The Hall–Kier alpha value is -0.680. The first-order valence-corrected chi connectivity index (χ1v) is 5.86. The predicted octanol–water partition coefficient (Wildman–Crippen LogP) is 3.03. The summed E-state index contributed by atoms with van der Waals surface area (Å²) in [6.07, 6.45) is 1.41. The molecule has 0 saturated carbocycles. The molecule has 1 atom stereocenters. The van der Waals surface area contributed by atoms with Crippen molar-refractivity contribution < 1.29 is 9.63 Å². The minimum atomic E-state index is -0.460. The van der Waals surface area contributed by atoms with Crippen molar-refractivity contribution >= 4 is 43.9 Å². The molecule has 0 radical (unpaired) electrons. The number of carbonyl (C=O) groups excluding carboxylic acids is 1. The highest BCUT2D eigenvalue weighted by molar-refractivity contribution is 9.10. The second-order valence-corrected chi connectivity index (χ2v) is 4.61. The zero-order valence-corrected chi connectivity index (χ0v) is 11.2. The molecule has 0 fully saturated rings. The molecule has 15 heavy (non-hydrogen) atoms. The molecular weight excluding hydrogens is 326 g/mol. The van der Waals surface area contributed by atoms with E-state index in [0.29, 0.717) is 5.56 Å². The molecule has 0 aliphatic carbocycles. The van der Waals surface area contributed by atoms with Gasteiger partial charge in [0.1, 0.15) is 11.9 Å². The van der Waals surface area contributed by atoms with E-state index in [2.05, 4.69) is 41.9 Å². The molecule has 3 nitrogen and oxygen atoms in total. The van der Waals surface area contributed by atoms with Crippen LogP contribution in [0.1, 0.15) is 10.4 Å². The van der Waals surface area contributed by atoms with Gasteiger partial charge in [-0.1, -0.05) is 49.1 Å². The van der Waals surface area contributed by atoms with Crippen molar-refractivity contribution in [3.8, 4) is 0 Å². The maximum Gasteiger partial charge on any atom is 0.181 e. The van der Waals surface area contributed by atoms with Crippen LogP contribution in [0.4, 0.5) is 0 Å². The number of carbonyl (C=O) groups is 1. The second-order valence-electron chi connectivity index (χ2n) is 2.71. The Labute approximate surface area is 105 Å². The average Bonchev–Trinajstić information content (AvgIpc) is 2.26. The number of ketones is 1. The van der Waals surface area contributed by atoms with Gasteiger partial charge in [0.2, 0.25) is 0 Å². The van der Waals surface area contributed by atoms with Crippen LogP contribution in [0.5, 0.6) is 0 Å². The molecule has 0 bridgehead atoms. The first-order chi connectivity index (χ1) is 7.15. The molecule has 1 aromatic rings. The zero-order valence-electron chi connectivity index (χ0n) is 7.98. The van der Waals surface area contributed by atoms with E-state index >= 15 is 0 Å². The number of rotatable bonds is 4. The number of hydrogen-bond acceptors (Lipinski definition) is 3. The lowest BCUT2D eigenvalue weighted by molar-refractivity contribution is 0.101. The minimum absolute atomic E-state index is 0.0525. The summed E-state index contributed by atoms with van der Waals surface area (Å²) in [6.45, 7) is 0. The SMILES string of the molecule is CO/N=C/C(Br)C(=O)c1ccc(Br)cc1. The molecule has 1 unspecified atom stereocenters. The number of halogens is 2. The first kappa shape index (κ1) is 12.4. The third-order valence-electron chi connectivity index (χ3n) is 1.68. The third-order valence-corrected chi connectivity index (χ3v) is 2.86. The van der Waals surface area contributed by atoms with Crippen molar-refractivity contribution in [1.82, 2.24) is 0 Å². The summed E-state index contributed by atoms with van der Waals surface area (Å²) < 4.78 is 0.940. The highest BCUT2D eigenvalue weighted by atomic mass is 79.9. The molecule has 0 N–H and O–H groups in total. The first-order valence-electron chi connectivity index (χ1n) is 4.15. The number of benzene rings is 1. The van der Waals surface area contributed by atoms with E-state index in [9.17, 15) is 4.79 Å². The molecule has 0 amide bonds. The van der Waals surface area contributed by atoms with Crippen LogP contribution in [0, 0.1) is 0 Å². The van der Waals surface area contributed by atoms with Gasteiger partial charge in [-0.15, -0.1) is 0 Å². The number of Topliss-reactive ketones (excluding diaryl/α,β-unsaturated/α-hetero) is 1. The van der Waals surface area contributed by atoms with Gasteiger partial charge >= 0.3 is 0 Å². The van der Waals surface area contributed by atoms with E-state index in [4.69, 9.17) is 0 Å². The Bertz CT molecular complexity index is 362. The summed E-state index contributed by atoms with van der Waals surface area (Å²) in [6, 6.07) is 7.14. The van der Waals surface area contributed by atoms with Crippen molar-refractivity contribution in [1.29, 1.82) is 0 Å². The molecule has 0 aliphatic rings. The van der Waals surface area contributed by atoms with Crippen LogP contribution in [-0.4, -0.2) is 23.9 Å².